The molecule has 0 aliphatic rings. The molecule has 0 unspecified atom stereocenters. The molecular weight excluding hydrogens is 408 g/mol. The first-order chi connectivity index (χ1) is 15.4. The van der Waals surface area contributed by atoms with Gasteiger partial charge in [0.2, 0.25) is 0 Å². The lowest BCUT2D eigenvalue weighted by Crippen LogP contribution is -2.41. The van der Waals surface area contributed by atoms with Crippen LogP contribution in [0.1, 0.15) is 27.9 Å². The lowest BCUT2D eigenvalue weighted by molar-refractivity contribution is -0.139. The number of nitrogen functional groups attached to an aromatic ring is 1. The molecule has 7 heteroatoms. The van der Waals surface area contributed by atoms with Gasteiger partial charge in [0, 0.05) is 12.0 Å². The number of anilines is 1. The summed E-state index contributed by atoms with van der Waals surface area (Å²) in [5.41, 5.74) is 8.60. The Hall–Kier alpha value is -4.00. The van der Waals surface area contributed by atoms with Crippen molar-refractivity contribution in [3.63, 3.8) is 0 Å². The summed E-state index contributed by atoms with van der Waals surface area (Å²) in [7, 11) is 0. The van der Waals surface area contributed by atoms with E-state index in [1.54, 1.807) is 30.3 Å². The first-order valence-electron chi connectivity index (χ1n) is 10.3. The Bertz CT molecular complexity index is 1050. The molecule has 0 radical (unpaired) electrons. The number of aromatic hydroxyl groups is 1. The van der Waals surface area contributed by atoms with Gasteiger partial charge in [0.25, 0.3) is 5.91 Å². The van der Waals surface area contributed by atoms with Gasteiger partial charge in [-0.1, -0.05) is 42.5 Å². The SMILES string of the molecule is Nc1ccc(C(=O)N[C@@H](CCc2ccccc2)C(=O)O)cc1OCCc1ccc(O)cc1. The average molecular weight is 434 g/mol. The average Bonchev–Trinajstić information content (AvgIpc) is 2.79. The normalized spacial score (nSPS) is 11.5. The molecule has 0 spiro atoms. The van der Waals surface area contributed by atoms with Crippen LogP contribution < -0.4 is 15.8 Å². The van der Waals surface area contributed by atoms with Crippen molar-refractivity contribution >= 4 is 17.6 Å². The van der Waals surface area contributed by atoms with Crippen LogP contribution in [0.2, 0.25) is 0 Å². The Morgan fingerprint density at radius 1 is 0.938 bits per heavy atom. The summed E-state index contributed by atoms with van der Waals surface area (Å²) >= 11 is 0. The first kappa shape index (κ1) is 22.7. The van der Waals surface area contributed by atoms with E-state index in [2.05, 4.69) is 5.32 Å². The third-order valence-electron chi connectivity index (χ3n) is 5.03. The van der Waals surface area contributed by atoms with Gasteiger partial charge >= 0.3 is 5.97 Å². The maximum atomic E-state index is 12.7. The second-order valence-corrected chi connectivity index (χ2v) is 7.41. The van der Waals surface area contributed by atoms with Crippen molar-refractivity contribution in [1.82, 2.24) is 5.32 Å². The highest BCUT2D eigenvalue weighted by atomic mass is 16.5. The fourth-order valence-electron chi connectivity index (χ4n) is 3.20. The first-order valence-corrected chi connectivity index (χ1v) is 10.3. The van der Waals surface area contributed by atoms with Crippen LogP contribution in [0.5, 0.6) is 11.5 Å². The molecule has 3 aromatic carbocycles. The number of hydrogen-bond donors (Lipinski definition) is 4. The van der Waals surface area contributed by atoms with Crippen LogP contribution in [0.4, 0.5) is 5.69 Å². The number of phenolic OH excluding ortho intramolecular Hbond substituents is 1. The molecule has 1 amide bonds. The number of rotatable bonds is 10. The smallest absolute Gasteiger partial charge is 0.326 e. The van der Waals surface area contributed by atoms with Crippen molar-refractivity contribution in [3.05, 3.63) is 89.5 Å². The zero-order chi connectivity index (χ0) is 22.9. The van der Waals surface area contributed by atoms with E-state index in [1.807, 2.05) is 30.3 Å². The minimum atomic E-state index is -1.09. The van der Waals surface area contributed by atoms with E-state index < -0.39 is 17.9 Å². The van der Waals surface area contributed by atoms with E-state index in [1.165, 1.54) is 12.1 Å². The van der Waals surface area contributed by atoms with Crippen molar-refractivity contribution in [2.24, 2.45) is 0 Å². The number of carboxylic acid groups (broad SMARTS) is 1. The molecular formula is C25H26N2O5. The molecule has 166 valence electrons. The maximum absolute atomic E-state index is 12.7. The summed E-state index contributed by atoms with van der Waals surface area (Å²) in [6.45, 7) is 0.328. The predicted molar refractivity (Wildman–Crippen MR) is 122 cm³/mol. The Morgan fingerprint density at radius 3 is 2.31 bits per heavy atom. The molecule has 0 aliphatic heterocycles. The van der Waals surface area contributed by atoms with Crippen LogP contribution in [0.15, 0.2) is 72.8 Å². The molecule has 0 saturated heterocycles. The lowest BCUT2D eigenvalue weighted by Gasteiger charge is -2.16. The zero-order valence-electron chi connectivity index (χ0n) is 17.5. The second-order valence-electron chi connectivity index (χ2n) is 7.41. The van der Waals surface area contributed by atoms with Crippen LogP contribution in [0, 0.1) is 0 Å². The van der Waals surface area contributed by atoms with Crippen LogP contribution in [0.25, 0.3) is 0 Å². The van der Waals surface area contributed by atoms with Crippen molar-refractivity contribution < 1.29 is 24.5 Å². The standard InChI is InChI=1S/C25H26N2O5/c26-21-12-9-19(16-23(21)32-15-14-18-6-10-20(28)11-7-18)24(29)27-22(25(30)31)13-8-17-4-2-1-3-5-17/h1-7,9-12,16,22,28H,8,13-15,26H2,(H,27,29)(H,30,31)/t22-/m0/s1. The molecule has 3 rings (SSSR count). The summed E-state index contributed by atoms with van der Waals surface area (Å²) in [5.74, 6) is -1.04. The molecule has 0 aliphatic carbocycles. The van der Waals surface area contributed by atoms with Crippen molar-refractivity contribution in [2.45, 2.75) is 25.3 Å². The molecule has 0 fully saturated rings. The topological polar surface area (TPSA) is 122 Å². The van der Waals surface area contributed by atoms with Gasteiger partial charge in [0.15, 0.2) is 0 Å². The summed E-state index contributed by atoms with van der Waals surface area (Å²) in [6, 6.07) is 19.9. The summed E-state index contributed by atoms with van der Waals surface area (Å²) in [4.78, 5) is 24.3. The largest absolute Gasteiger partial charge is 0.508 e. The Balaban J connectivity index is 1.59. The number of nitrogens with two attached hydrogens (primary N) is 1. The number of aryl methyl sites for hydroxylation is 1. The van der Waals surface area contributed by atoms with Gasteiger partial charge in [-0.25, -0.2) is 4.79 Å². The Kier molecular flexibility index (Phi) is 7.70. The quantitative estimate of drug-likeness (QED) is 0.363. The van der Waals surface area contributed by atoms with E-state index in [-0.39, 0.29) is 17.7 Å². The predicted octanol–water partition coefficient (Wildman–Crippen LogP) is 3.41. The van der Waals surface area contributed by atoms with E-state index in [0.29, 0.717) is 30.9 Å². The number of carbonyl (C=O) groups excluding carboxylic acids is 1. The Morgan fingerprint density at radius 2 is 1.62 bits per heavy atom. The minimum Gasteiger partial charge on any atom is -0.508 e. The molecule has 0 bridgehead atoms. The molecule has 3 aromatic rings. The van der Waals surface area contributed by atoms with E-state index in [0.717, 1.165) is 11.1 Å². The highest BCUT2D eigenvalue weighted by molar-refractivity contribution is 5.97. The molecule has 0 heterocycles. The summed E-state index contributed by atoms with van der Waals surface area (Å²) in [5, 5.41) is 21.4. The van der Waals surface area contributed by atoms with E-state index >= 15 is 0 Å². The molecule has 5 N–H and O–H groups in total. The van der Waals surface area contributed by atoms with Crippen LogP contribution in [-0.2, 0) is 17.6 Å². The molecule has 1 atom stereocenters. The van der Waals surface area contributed by atoms with Gasteiger partial charge in [-0.15, -0.1) is 0 Å². The number of carbonyl (C=O) groups is 2. The molecule has 0 aromatic heterocycles. The Labute approximate surface area is 186 Å². The highest BCUT2D eigenvalue weighted by Gasteiger charge is 2.21. The van der Waals surface area contributed by atoms with E-state index in [9.17, 15) is 19.8 Å². The van der Waals surface area contributed by atoms with Gasteiger partial charge in [-0.05, 0) is 54.3 Å². The highest BCUT2D eigenvalue weighted by Crippen LogP contribution is 2.23. The summed E-state index contributed by atoms with van der Waals surface area (Å²) < 4.78 is 5.74. The number of hydrogen-bond acceptors (Lipinski definition) is 5. The number of phenols is 1. The molecule has 0 saturated carbocycles. The number of aliphatic carboxylic acids is 1. The number of amides is 1. The van der Waals surface area contributed by atoms with Gasteiger partial charge in [-0.3, -0.25) is 4.79 Å². The fraction of sp³-hybridized carbons (Fsp3) is 0.200. The lowest BCUT2D eigenvalue weighted by atomic mass is 10.0. The van der Waals surface area contributed by atoms with Crippen molar-refractivity contribution in [2.75, 3.05) is 12.3 Å². The molecule has 7 nitrogen and oxygen atoms in total. The van der Waals surface area contributed by atoms with Gasteiger partial charge in [0.05, 0.1) is 12.3 Å². The zero-order valence-corrected chi connectivity index (χ0v) is 17.5. The van der Waals surface area contributed by atoms with Crippen LogP contribution in [0.3, 0.4) is 0 Å². The van der Waals surface area contributed by atoms with Crippen LogP contribution >= 0.6 is 0 Å². The van der Waals surface area contributed by atoms with Gasteiger partial charge < -0.3 is 26.0 Å². The third-order valence-corrected chi connectivity index (χ3v) is 5.03. The monoisotopic (exact) mass is 434 g/mol. The van der Waals surface area contributed by atoms with Gasteiger partial charge in [-0.2, -0.15) is 0 Å². The fourth-order valence-corrected chi connectivity index (χ4v) is 3.20. The van der Waals surface area contributed by atoms with Crippen LogP contribution in [-0.4, -0.2) is 34.7 Å². The maximum Gasteiger partial charge on any atom is 0.326 e. The van der Waals surface area contributed by atoms with E-state index in [4.69, 9.17) is 10.5 Å². The van der Waals surface area contributed by atoms with Crippen molar-refractivity contribution in [3.8, 4) is 11.5 Å². The number of ether oxygens (including phenoxy) is 1. The minimum absolute atomic E-state index is 0.195. The second kappa shape index (κ2) is 10.9. The molecule has 32 heavy (non-hydrogen) atoms. The van der Waals surface area contributed by atoms with Crippen molar-refractivity contribution in [1.29, 1.82) is 0 Å². The van der Waals surface area contributed by atoms with Gasteiger partial charge in [0.1, 0.15) is 17.5 Å². The number of nitrogens with one attached hydrogen (secondary N) is 1. The third kappa shape index (κ3) is 6.50. The number of benzene rings is 3. The number of carboxylic acids is 1. The summed E-state index contributed by atoms with van der Waals surface area (Å²) in [6.07, 6.45) is 1.40.